The summed E-state index contributed by atoms with van der Waals surface area (Å²) in [5, 5.41) is 65.5. The maximum atomic E-state index is 12.8. The van der Waals surface area contributed by atoms with Crippen molar-refractivity contribution in [2.24, 2.45) is 0 Å². The highest BCUT2D eigenvalue weighted by atomic mass is 31.2. The molecule has 1 unspecified atom stereocenters. The Hall–Kier alpha value is -3.08. The van der Waals surface area contributed by atoms with E-state index < -0.39 is 112 Å². The van der Waals surface area contributed by atoms with Crippen LogP contribution in [0.1, 0.15) is 26.5 Å². The molecule has 3 rings (SSSR count). The number of esters is 1. The van der Waals surface area contributed by atoms with Crippen LogP contribution in [-0.4, -0.2) is 121 Å². The number of aliphatic carboxylic acids is 1. The predicted octanol–water partition coefficient (Wildman–Crippen LogP) is -6.67. The second-order valence-corrected chi connectivity index (χ2v) is 11.2. The second kappa shape index (κ2) is 13.9. The highest BCUT2D eigenvalue weighted by Gasteiger charge is 2.55. The van der Waals surface area contributed by atoms with Gasteiger partial charge in [0.15, 0.2) is 12.3 Å². The lowest BCUT2D eigenvalue weighted by Crippen LogP contribution is -2.70. The number of phosphoric acid groups is 1. The molecule has 44 heavy (non-hydrogen) atoms. The molecule has 21 nitrogen and oxygen atoms in total. The summed E-state index contributed by atoms with van der Waals surface area (Å²) in [4.78, 5) is 64.0. The molecule has 2 fully saturated rings. The summed E-state index contributed by atoms with van der Waals surface area (Å²) in [7, 11) is -5.86. The van der Waals surface area contributed by atoms with E-state index in [1.807, 2.05) is 0 Å². The summed E-state index contributed by atoms with van der Waals surface area (Å²) in [6.45, 7) is -0.355. The number of carbonyl (C=O) groups excluding carboxylic acids is 3. The third-order valence-electron chi connectivity index (χ3n) is 6.56. The Balaban J connectivity index is 1.84. The topological polar surface area (TPSA) is 335 Å². The zero-order valence-corrected chi connectivity index (χ0v) is 23.9. The molecule has 248 valence electrons. The lowest BCUT2D eigenvalue weighted by atomic mass is 9.88. The molecule has 2 aliphatic rings. The van der Waals surface area contributed by atoms with E-state index in [9.17, 15) is 59.3 Å². The largest absolute Gasteiger partial charge is 0.756 e. The number of carboxylic acid groups (broad SMARTS) is 1. The van der Waals surface area contributed by atoms with Crippen LogP contribution in [0.15, 0.2) is 17.1 Å². The molecule has 0 radical (unpaired) electrons. The van der Waals surface area contributed by atoms with Gasteiger partial charge < -0.3 is 70.1 Å². The molecule has 2 saturated heterocycles. The molecule has 3 heterocycles. The van der Waals surface area contributed by atoms with Gasteiger partial charge in [0.2, 0.25) is 11.7 Å². The highest BCUT2D eigenvalue weighted by molar-refractivity contribution is 7.45. The molecule has 1 aromatic rings. The molecule has 0 aromatic carbocycles. The monoisotopic (exact) mass is 654 g/mol. The Labute approximate surface area is 247 Å². The minimum Gasteiger partial charge on any atom is -0.756 e. The van der Waals surface area contributed by atoms with Gasteiger partial charge in [-0.05, 0) is 6.07 Å². The predicted molar refractivity (Wildman–Crippen MR) is 133 cm³/mol. The molecule has 8 N–H and O–H groups in total. The quantitative estimate of drug-likeness (QED) is 0.0813. The third-order valence-corrected chi connectivity index (χ3v) is 7.55. The lowest BCUT2D eigenvalue weighted by Gasteiger charge is -2.50. The van der Waals surface area contributed by atoms with Crippen LogP contribution in [0.4, 0.5) is 5.82 Å². The van der Waals surface area contributed by atoms with Gasteiger partial charge in [0.05, 0.1) is 25.4 Å². The first-order valence-electron chi connectivity index (χ1n) is 12.7. The number of nitrogen functional groups attached to an aromatic ring is 1. The molecule has 0 saturated carbocycles. The number of rotatable bonds is 12. The number of aliphatic hydroxyl groups excluding tert-OH is 5. The summed E-state index contributed by atoms with van der Waals surface area (Å²) >= 11 is 0. The van der Waals surface area contributed by atoms with Crippen LogP contribution in [0.2, 0.25) is 0 Å². The van der Waals surface area contributed by atoms with Gasteiger partial charge in [-0.25, -0.2) is 4.79 Å². The summed E-state index contributed by atoms with van der Waals surface area (Å²) in [5.41, 5.74) is 4.44. The van der Waals surface area contributed by atoms with E-state index in [1.54, 1.807) is 0 Å². The van der Waals surface area contributed by atoms with Gasteiger partial charge in [-0.15, -0.1) is 0 Å². The molecule has 11 atom stereocenters. The Morgan fingerprint density at radius 3 is 2.50 bits per heavy atom. The zero-order valence-electron chi connectivity index (χ0n) is 23.0. The van der Waals surface area contributed by atoms with Crippen molar-refractivity contribution >= 4 is 31.5 Å². The number of hydrogen-bond acceptors (Lipinski definition) is 19. The maximum Gasteiger partial charge on any atom is 0.351 e. The van der Waals surface area contributed by atoms with E-state index in [-0.39, 0.29) is 5.82 Å². The molecule has 2 aliphatic heterocycles. The van der Waals surface area contributed by atoms with Gasteiger partial charge in [0.25, 0.3) is 7.82 Å². The van der Waals surface area contributed by atoms with Gasteiger partial charge in [0.1, 0.15) is 42.3 Å². The Morgan fingerprint density at radius 2 is 1.95 bits per heavy atom. The summed E-state index contributed by atoms with van der Waals surface area (Å²) in [6.07, 6.45) is -15.1. The fourth-order valence-corrected chi connectivity index (χ4v) is 5.56. The van der Waals surface area contributed by atoms with Gasteiger partial charge in [-0.1, -0.05) is 0 Å². The smallest absolute Gasteiger partial charge is 0.351 e. The maximum absolute atomic E-state index is 12.8. The van der Waals surface area contributed by atoms with E-state index in [2.05, 4.69) is 19.3 Å². The number of carboxylic acids is 1. The number of amides is 1. The SMILES string of the molecule is CC(=O)N[C@H]1[C@H]([C@H](OC(C)=O)[C@H](O)CO)O[C@](OP(=O)([O-])OC[C@H]2O[C@@H](n3ccc(N)nc3=O)[C@H](O)[C@@H]2O)(C(=O)[O-])C[C@@H]1O. The fraction of sp³-hybridized carbons (Fsp3) is 0.682. The highest BCUT2D eigenvalue weighted by Crippen LogP contribution is 2.48. The van der Waals surface area contributed by atoms with Crippen LogP contribution in [0, 0.1) is 0 Å². The van der Waals surface area contributed by atoms with Crippen LogP contribution < -0.4 is 26.7 Å². The standard InChI is InChI=1S/C22H33N4O17P/c1-8(28)24-14-10(30)5-22(20(34)35,42-18(14)17(11(31)6-27)40-9(2)29)43-44(37,38)39-7-12-15(32)16(33)19(41-12)26-4-3-13(23)25-21(26)36/h3-4,10-12,14-19,27,30-33H,5-7H2,1-2H3,(H,24,28)(H,34,35)(H,37,38)(H2,23,25,36)/p-2/t10-,11+,12+,14+,15+,16+,17+,18+,19+,22+/m0/s1. The fourth-order valence-electron chi connectivity index (χ4n) is 4.62. The molecule has 1 amide bonds. The minimum absolute atomic E-state index is 0.156. The molecule has 0 spiro atoms. The van der Waals surface area contributed by atoms with E-state index >= 15 is 0 Å². The molecule has 1 aromatic heterocycles. The van der Waals surface area contributed by atoms with Crippen LogP contribution in [0.25, 0.3) is 0 Å². The number of ether oxygens (including phenoxy) is 3. The number of hydrogen-bond donors (Lipinski definition) is 7. The second-order valence-electron chi connectivity index (χ2n) is 9.87. The van der Waals surface area contributed by atoms with E-state index in [4.69, 9.17) is 19.9 Å². The first kappa shape index (κ1) is 35.4. The molecule has 22 heteroatoms. The minimum atomic E-state index is -5.86. The summed E-state index contributed by atoms with van der Waals surface area (Å²) in [5.74, 6) is -7.88. The van der Waals surface area contributed by atoms with E-state index in [0.717, 1.165) is 24.6 Å². The number of nitrogens with zero attached hydrogens (tertiary/aromatic N) is 2. The summed E-state index contributed by atoms with van der Waals surface area (Å²) < 4.78 is 38.5. The summed E-state index contributed by atoms with van der Waals surface area (Å²) in [6, 6.07) is -0.464. The van der Waals surface area contributed by atoms with E-state index in [0.29, 0.717) is 0 Å². The van der Waals surface area contributed by atoms with Crippen LogP contribution in [0.5, 0.6) is 0 Å². The van der Waals surface area contributed by atoms with Crippen molar-refractivity contribution in [1.29, 1.82) is 0 Å². The molecular weight excluding hydrogens is 623 g/mol. The van der Waals surface area contributed by atoms with Crippen molar-refractivity contribution in [3.05, 3.63) is 22.7 Å². The van der Waals surface area contributed by atoms with Crippen molar-refractivity contribution in [2.45, 2.75) is 81.1 Å². The Morgan fingerprint density at radius 1 is 1.30 bits per heavy atom. The van der Waals surface area contributed by atoms with Crippen molar-refractivity contribution in [2.75, 3.05) is 18.9 Å². The number of aromatic nitrogens is 2. The first-order chi connectivity index (χ1) is 20.4. The number of phosphoric ester groups is 1. The van der Waals surface area contributed by atoms with Crippen molar-refractivity contribution in [1.82, 2.24) is 14.9 Å². The number of anilines is 1. The third kappa shape index (κ3) is 7.95. The van der Waals surface area contributed by atoms with Crippen molar-refractivity contribution < 1.29 is 77.7 Å². The van der Waals surface area contributed by atoms with Crippen LogP contribution in [0.3, 0.4) is 0 Å². The number of carbonyl (C=O) groups is 3. The van der Waals surface area contributed by atoms with Crippen LogP contribution in [-0.2, 0) is 42.2 Å². The van der Waals surface area contributed by atoms with Crippen molar-refractivity contribution in [3.63, 3.8) is 0 Å². The van der Waals surface area contributed by atoms with Crippen LogP contribution >= 0.6 is 7.82 Å². The molecule has 0 bridgehead atoms. The van der Waals surface area contributed by atoms with E-state index in [1.165, 1.54) is 6.07 Å². The number of nitrogens with one attached hydrogen (secondary N) is 1. The first-order valence-corrected chi connectivity index (χ1v) is 14.2. The van der Waals surface area contributed by atoms with Gasteiger partial charge >= 0.3 is 11.7 Å². The number of nitrogens with two attached hydrogens (primary N) is 1. The lowest BCUT2D eigenvalue weighted by molar-refractivity contribution is -0.377. The van der Waals surface area contributed by atoms with Gasteiger partial charge in [0, 0.05) is 26.5 Å². The average Bonchev–Trinajstić information content (AvgIpc) is 3.19. The zero-order chi connectivity index (χ0) is 33.1. The van der Waals surface area contributed by atoms with Crippen molar-refractivity contribution in [3.8, 4) is 0 Å². The Bertz CT molecular complexity index is 1330. The normalized spacial score (nSPS) is 33.1. The number of aliphatic hydroxyl groups is 5. The Kier molecular flexibility index (Phi) is 11.2. The average molecular weight is 654 g/mol. The molecular formula is C22H31N4O17P-2. The van der Waals surface area contributed by atoms with Gasteiger partial charge in [-0.2, -0.15) is 4.98 Å². The van der Waals surface area contributed by atoms with Gasteiger partial charge in [-0.3, -0.25) is 23.2 Å². The molecule has 0 aliphatic carbocycles.